The van der Waals surface area contributed by atoms with E-state index in [2.05, 4.69) is 26.2 Å². The van der Waals surface area contributed by atoms with Gasteiger partial charge in [-0.05, 0) is 41.9 Å². The minimum Gasteiger partial charge on any atom is -0.472 e. The lowest BCUT2D eigenvalue weighted by molar-refractivity contribution is -0.116. The number of amides is 1. The normalized spacial score (nSPS) is 10.8. The highest BCUT2D eigenvalue weighted by molar-refractivity contribution is 9.10. The van der Waals surface area contributed by atoms with Crippen molar-refractivity contribution in [1.29, 1.82) is 0 Å². The molecule has 1 amide bonds. The number of anilines is 1. The molecule has 0 radical (unpaired) electrons. The topological polar surface area (TPSA) is 99.2 Å². The third-order valence-electron chi connectivity index (χ3n) is 3.35. The van der Waals surface area contributed by atoms with E-state index in [0.717, 1.165) is 12.1 Å². The maximum Gasteiger partial charge on any atom is 0.273 e. The minimum absolute atomic E-state index is 0.0401. The van der Waals surface area contributed by atoms with Crippen LogP contribution >= 0.6 is 15.9 Å². The molecule has 1 aromatic carbocycles. The van der Waals surface area contributed by atoms with Crippen LogP contribution in [0.15, 0.2) is 27.5 Å². The first kappa shape index (κ1) is 19.8. The standard InChI is InChI=1S/C16H17BrF2N4O3/c1-8(2)23-15(25)13(17)14(22-16(23)21-6-12(20)24)26-7-9-3-4-10(18)5-11(9)19/h3-5,8H,6-7H2,1-2H3,(H2,20,24)(H,21,22). The minimum atomic E-state index is -0.774. The molecule has 0 unspecified atom stereocenters. The van der Waals surface area contributed by atoms with Crippen molar-refractivity contribution in [2.75, 3.05) is 11.9 Å². The molecule has 0 aliphatic carbocycles. The van der Waals surface area contributed by atoms with Crippen molar-refractivity contribution in [3.63, 3.8) is 0 Å². The van der Waals surface area contributed by atoms with Gasteiger partial charge in [0.25, 0.3) is 5.56 Å². The van der Waals surface area contributed by atoms with Crippen molar-refractivity contribution in [3.05, 3.63) is 50.2 Å². The Kier molecular flexibility index (Phi) is 6.30. The molecule has 0 aliphatic rings. The van der Waals surface area contributed by atoms with Gasteiger partial charge in [-0.15, -0.1) is 0 Å². The Labute approximate surface area is 156 Å². The van der Waals surface area contributed by atoms with Crippen LogP contribution in [0, 0.1) is 11.6 Å². The molecule has 0 atom stereocenters. The van der Waals surface area contributed by atoms with E-state index in [1.807, 2.05) is 0 Å². The van der Waals surface area contributed by atoms with Gasteiger partial charge in [0.2, 0.25) is 17.7 Å². The summed E-state index contributed by atoms with van der Waals surface area (Å²) in [5.74, 6) is -2.12. The summed E-state index contributed by atoms with van der Waals surface area (Å²) < 4.78 is 33.4. The number of halogens is 3. The van der Waals surface area contributed by atoms with E-state index in [4.69, 9.17) is 10.5 Å². The number of nitrogens with one attached hydrogen (secondary N) is 1. The number of carbonyl (C=O) groups excluding carboxylic acids is 1. The Balaban J connectivity index is 2.35. The molecule has 10 heteroatoms. The van der Waals surface area contributed by atoms with Crippen LogP contribution in [0.1, 0.15) is 25.5 Å². The van der Waals surface area contributed by atoms with Crippen LogP contribution < -0.4 is 21.3 Å². The molecule has 0 aliphatic heterocycles. The lowest BCUT2D eigenvalue weighted by atomic mass is 10.2. The predicted octanol–water partition coefficient (Wildman–Crippen LogP) is 2.34. The number of primary amides is 1. The van der Waals surface area contributed by atoms with Gasteiger partial charge in [-0.3, -0.25) is 14.2 Å². The largest absolute Gasteiger partial charge is 0.472 e. The summed E-state index contributed by atoms with van der Waals surface area (Å²) in [6.45, 7) is 3.03. The molecular formula is C16H17BrF2N4O3. The van der Waals surface area contributed by atoms with E-state index in [-0.39, 0.29) is 41.1 Å². The third kappa shape index (κ3) is 4.57. The Morgan fingerprint density at radius 1 is 1.42 bits per heavy atom. The molecule has 26 heavy (non-hydrogen) atoms. The maximum atomic E-state index is 13.7. The van der Waals surface area contributed by atoms with Gasteiger partial charge in [0.1, 0.15) is 22.7 Å². The monoisotopic (exact) mass is 430 g/mol. The second-order valence-electron chi connectivity index (χ2n) is 5.67. The highest BCUT2D eigenvalue weighted by atomic mass is 79.9. The fraction of sp³-hybridized carbons (Fsp3) is 0.312. The SMILES string of the molecule is CC(C)n1c(NCC(N)=O)nc(OCc2ccc(F)cc2F)c(Br)c1=O. The van der Waals surface area contributed by atoms with Crippen LogP contribution in [0.3, 0.4) is 0 Å². The molecule has 0 bridgehead atoms. The molecule has 1 aromatic heterocycles. The first-order valence-electron chi connectivity index (χ1n) is 7.61. The van der Waals surface area contributed by atoms with Gasteiger partial charge in [0.15, 0.2) is 0 Å². The molecule has 1 heterocycles. The van der Waals surface area contributed by atoms with E-state index in [0.29, 0.717) is 0 Å². The van der Waals surface area contributed by atoms with Crippen LogP contribution in [0.25, 0.3) is 0 Å². The van der Waals surface area contributed by atoms with Gasteiger partial charge in [0, 0.05) is 17.7 Å². The van der Waals surface area contributed by atoms with E-state index < -0.39 is 23.1 Å². The van der Waals surface area contributed by atoms with Gasteiger partial charge >= 0.3 is 0 Å². The Morgan fingerprint density at radius 2 is 2.12 bits per heavy atom. The number of benzene rings is 1. The summed E-state index contributed by atoms with van der Waals surface area (Å²) >= 11 is 3.12. The average molecular weight is 431 g/mol. The van der Waals surface area contributed by atoms with E-state index >= 15 is 0 Å². The van der Waals surface area contributed by atoms with E-state index in [9.17, 15) is 18.4 Å². The third-order valence-corrected chi connectivity index (χ3v) is 4.02. The number of carbonyl (C=O) groups is 1. The number of ether oxygens (including phenoxy) is 1. The first-order valence-corrected chi connectivity index (χ1v) is 8.41. The fourth-order valence-corrected chi connectivity index (χ4v) is 2.54. The van der Waals surface area contributed by atoms with Crippen molar-refractivity contribution < 1.29 is 18.3 Å². The summed E-state index contributed by atoms with van der Waals surface area (Å²) in [6, 6.07) is 2.81. The maximum absolute atomic E-state index is 13.7. The first-order chi connectivity index (χ1) is 12.2. The molecule has 0 spiro atoms. The fourth-order valence-electron chi connectivity index (χ4n) is 2.14. The van der Waals surface area contributed by atoms with Crippen molar-refractivity contribution in [2.45, 2.75) is 26.5 Å². The lowest BCUT2D eigenvalue weighted by Crippen LogP contribution is -2.30. The quantitative estimate of drug-likeness (QED) is 0.702. The molecule has 0 saturated heterocycles. The van der Waals surface area contributed by atoms with Gasteiger partial charge in [-0.25, -0.2) is 8.78 Å². The van der Waals surface area contributed by atoms with Crippen molar-refractivity contribution >= 4 is 27.8 Å². The van der Waals surface area contributed by atoms with Crippen LogP contribution in [-0.2, 0) is 11.4 Å². The molecule has 0 fully saturated rings. The second-order valence-corrected chi connectivity index (χ2v) is 6.46. The smallest absolute Gasteiger partial charge is 0.273 e. The summed E-state index contributed by atoms with van der Waals surface area (Å²) in [5, 5.41) is 2.67. The Hall–Kier alpha value is -2.49. The average Bonchev–Trinajstić information content (AvgIpc) is 2.55. The summed E-state index contributed by atoms with van der Waals surface area (Å²) in [7, 11) is 0. The summed E-state index contributed by atoms with van der Waals surface area (Å²) in [6.07, 6.45) is 0. The van der Waals surface area contributed by atoms with Crippen LogP contribution in [-0.4, -0.2) is 22.0 Å². The highest BCUT2D eigenvalue weighted by Gasteiger charge is 2.18. The molecule has 2 rings (SSSR count). The number of rotatable bonds is 7. The van der Waals surface area contributed by atoms with E-state index in [1.165, 1.54) is 10.6 Å². The summed E-state index contributed by atoms with van der Waals surface area (Å²) in [4.78, 5) is 27.7. The Bertz CT molecular complexity index is 887. The molecule has 0 saturated carbocycles. The van der Waals surface area contributed by atoms with Crippen LogP contribution in [0.2, 0.25) is 0 Å². The molecule has 3 N–H and O–H groups in total. The molecule has 7 nitrogen and oxygen atoms in total. The van der Waals surface area contributed by atoms with Crippen molar-refractivity contribution in [1.82, 2.24) is 9.55 Å². The zero-order valence-electron chi connectivity index (χ0n) is 14.1. The number of aromatic nitrogens is 2. The van der Waals surface area contributed by atoms with Gasteiger partial charge in [-0.1, -0.05) is 0 Å². The van der Waals surface area contributed by atoms with E-state index in [1.54, 1.807) is 13.8 Å². The van der Waals surface area contributed by atoms with Crippen LogP contribution in [0.5, 0.6) is 5.88 Å². The molecular weight excluding hydrogens is 414 g/mol. The number of nitrogens with zero attached hydrogens (tertiary/aromatic N) is 2. The second kappa shape index (κ2) is 8.26. The highest BCUT2D eigenvalue weighted by Crippen LogP contribution is 2.24. The van der Waals surface area contributed by atoms with Crippen molar-refractivity contribution in [3.8, 4) is 5.88 Å². The number of hydrogen-bond acceptors (Lipinski definition) is 5. The number of nitrogens with two attached hydrogens (primary N) is 1. The summed E-state index contributed by atoms with van der Waals surface area (Å²) in [5.41, 5.74) is 4.76. The van der Waals surface area contributed by atoms with Gasteiger partial charge in [0.05, 0.1) is 6.54 Å². The zero-order chi connectivity index (χ0) is 19.4. The van der Waals surface area contributed by atoms with Gasteiger partial charge < -0.3 is 15.8 Å². The van der Waals surface area contributed by atoms with Crippen LogP contribution in [0.4, 0.5) is 14.7 Å². The van der Waals surface area contributed by atoms with Gasteiger partial charge in [-0.2, -0.15) is 4.98 Å². The van der Waals surface area contributed by atoms with Crippen molar-refractivity contribution in [2.24, 2.45) is 5.73 Å². The number of hydrogen-bond donors (Lipinski definition) is 2. The molecule has 2 aromatic rings. The molecule has 140 valence electrons. The lowest BCUT2D eigenvalue weighted by Gasteiger charge is -2.18. The zero-order valence-corrected chi connectivity index (χ0v) is 15.6. The Morgan fingerprint density at radius 3 is 2.69 bits per heavy atom. The predicted molar refractivity (Wildman–Crippen MR) is 95.0 cm³/mol.